The van der Waals surface area contributed by atoms with E-state index in [1.54, 1.807) is 0 Å². The Kier molecular flexibility index (Phi) is 3.13. The van der Waals surface area contributed by atoms with Crippen LogP contribution in [0.5, 0.6) is 0 Å². The Morgan fingerprint density at radius 1 is 1.30 bits per heavy atom. The smallest absolute Gasteiger partial charge is 0.153 e. The van der Waals surface area contributed by atoms with Crippen molar-refractivity contribution in [2.24, 2.45) is 5.41 Å². The summed E-state index contributed by atoms with van der Waals surface area (Å²) in [4.78, 5) is 4.78. The summed E-state index contributed by atoms with van der Waals surface area (Å²) in [5, 5.41) is 5.40. The van der Waals surface area contributed by atoms with Gasteiger partial charge < -0.3 is 0 Å². The molecule has 1 heterocycles. The van der Waals surface area contributed by atoms with Gasteiger partial charge in [0.2, 0.25) is 0 Å². The van der Waals surface area contributed by atoms with E-state index in [-0.39, 0.29) is 0 Å². The molecule has 0 amide bonds. The number of halogens is 1. The topological polar surface area (TPSA) is 30.7 Å². The van der Waals surface area contributed by atoms with Gasteiger partial charge in [0.15, 0.2) is 5.82 Å². The molecule has 2 aromatic rings. The minimum absolute atomic E-state index is 0.319. The quantitative estimate of drug-likeness (QED) is 0.829. The molecule has 20 heavy (non-hydrogen) atoms. The minimum atomic E-state index is 0.319. The lowest BCUT2D eigenvalue weighted by Gasteiger charge is -2.08. The summed E-state index contributed by atoms with van der Waals surface area (Å²) in [5.74, 6) is 2.73. The predicted octanol–water partition coefficient (Wildman–Crippen LogP) is 4.56. The zero-order valence-corrected chi connectivity index (χ0v) is 13.1. The predicted molar refractivity (Wildman–Crippen MR) is 81.6 cm³/mol. The molecule has 0 unspecified atom stereocenters. The highest BCUT2D eigenvalue weighted by molar-refractivity contribution is 6.32. The van der Waals surface area contributed by atoms with Crippen molar-refractivity contribution in [1.29, 1.82) is 0 Å². The van der Waals surface area contributed by atoms with Crippen LogP contribution in [0.3, 0.4) is 0 Å². The van der Waals surface area contributed by atoms with E-state index < -0.39 is 0 Å². The number of hydrogen-bond donors (Lipinski definition) is 0. The Bertz CT molecular complexity index is 643. The molecule has 0 spiro atoms. The molecule has 1 saturated carbocycles. The van der Waals surface area contributed by atoms with Crippen molar-refractivity contribution in [3.63, 3.8) is 0 Å². The SMILES string of the molecule is CC(C)c1nc([C@@H]2CC2(C)C)n(-c2ccccc2Cl)n1. The fraction of sp³-hybridized carbons (Fsp3) is 0.500. The second kappa shape index (κ2) is 4.59. The van der Waals surface area contributed by atoms with Gasteiger partial charge in [0.05, 0.1) is 10.7 Å². The van der Waals surface area contributed by atoms with Crippen LogP contribution in [0.15, 0.2) is 24.3 Å². The molecule has 4 heteroatoms. The third-order valence-corrected chi connectivity index (χ3v) is 4.39. The molecular weight excluding hydrogens is 270 g/mol. The van der Waals surface area contributed by atoms with Gasteiger partial charge in [0.1, 0.15) is 5.82 Å². The highest BCUT2D eigenvalue weighted by atomic mass is 35.5. The lowest BCUT2D eigenvalue weighted by Crippen LogP contribution is -2.05. The van der Waals surface area contributed by atoms with Gasteiger partial charge in [0.25, 0.3) is 0 Å². The van der Waals surface area contributed by atoms with Gasteiger partial charge in [-0.1, -0.05) is 51.4 Å². The van der Waals surface area contributed by atoms with E-state index >= 15 is 0 Å². The third-order valence-electron chi connectivity index (χ3n) is 4.07. The number of rotatable bonds is 3. The van der Waals surface area contributed by atoms with E-state index in [0.717, 1.165) is 23.8 Å². The zero-order chi connectivity index (χ0) is 14.5. The Morgan fingerprint density at radius 2 is 1.95 bits per heavy atom. The number of nitrogens with zero attached hydrogens (tertiary/aromatic N) is 3. The van der Waals surface area contributed by atoms with Crippen LogP contribution >= 0.6 is 11.6 Å². The average molecular weight is 290 g/mol. The minimum Gasteiger partial charge on any atom is -0.216 e. The molecule has 0 saturated heterocycles. The van der Waals surface area contributed by atoms with Crippen LogP contribution in [0.25, 0.3) is 5.69 Å². The van der Waals surface area contributed by atoms with Gasteiger partial charge in [-0.2, -0.15) is 5.10 Å². The highest BCUT2D eigenvalue weighted by Crippen LogP contribution is 2.58. The van der Waals surface area contributed by atoms with Crippen LogP contribution in [0.4, 0.5) is 0 Å². The van der Waals surface area contributed by atoms with E-state index in [2.05, 4.69) is 32.8 Å². The average Bonchev–Trinajstić information content (AvgIpc) is 2.85. The number of para-hydroxylation sites is 1. The van der Waals surface area contributed by atoms with E-state index in [9.17, 15) is 0 Å². The Balaban J connectivity index is 2.12. The van der Waals surface area contributed by atoms with Crippen molar-refractivity contribution in [2.45, 2.75) is 46.0 Å². The Morgan fingerprint density at radius 3 is 2.50 bits per heavy atom. The van der Waals surface area contributed by atoms with E-state index in [1.165, 1.54) is 0 Å². The molecule has 1 aliphatic rings. The van der Waals surface area contributed by atoms with Gasteiger partial charge in [-0.05, 0) is 24.0 Å². The lowest BCUT2D eigenvalue weighted by atomic mass is 10.1. The Labute approximate surface area is 125 Å². The monoisotopic (exact) mass is 289 g/mol. The summed E-state index contributed by atoms with van der Waals surface area (Å²) in [6, 6.07) is 7.82. The molecule has 1 aliphatic carbocycles. The summed E-state index contributed by atoms with van der Waals surface area (Å²) >= 11 is 6.33. The normalized spacial score (nSPS) is 20.4. The summed E-state index contributed by atoms with van der Waals surface area (Å²) in [6.45, 7) is 8.79. The van der Waals surface area contributed by atoms with E-state index in [4.69, 9.17) is 16.6 Å². The maximum Gasteiger partial charge on any atom is 0.153 e. The van der Waals surface area contributed by atoms with Gasteiger partial charge in [-0.25, -0.2) is 9.67 Å². The molecule has 0 aliphatic heterocycles. The summed E-state index contributed by atoms with van der Waals surface area (Å²) < 4.78 is 1.94. The number of hydrogen-bond acceptors (Lipinski definition) is 2. The van der Waals surface area contributed by atoms with Crippen molar-refractivity contribution in [1.82, 2.24) is 14.8 Å². The first kappa shape index (κ1) is 13.6. The van der Waals surface area contributed by atoms with Crippen LogP contribution in [-0.2, 0) is 0 Å². The first-order chi connectivity index (χ1) is 9.40. The van der Waals surface area contributed by atoms with Crippen molar-refractivity contribution < 1.29 is 0 Å². The molecular formula is C16H20ClN3. The van der Waals surface area contributed by atoms with Gasteiger partial charge in [0, 0.05) is 11.8 Å². The fourth-order valence-corrected chi connectivity index (χ4v) is 2.74. The molecule has 1 atom stereocenters. The molecule has 1 aromatic carbocycles. The van der Waals surface area contributed by atoms with Crippen LogP contribution < -0.4 is 0 Å². The van der Waals surface area contributed by atoms with Crippen molar-refractivity contribution >= 4 is 11.6 Å². The van der Waals surface area contributed by atoms with E-state index in [1.807, 2.05) is 28.9 Å². The van der Waals surface area contributed by atoms with Crippen molar-refractivity contribution in [3.8, 4) is 5.69 Å². The van der Waals surface area contributed by atoms with Gasteiger partial charge in [-0.15, -0.1) is 0 Å². The summed E-state index contributed by atoms with van der Waals surface area (Å²) in [6.07, 6.45) is 1.16. The summed E-state index contributed by atoms with van der Waals surface area (Å²) in [5.41, 5.74) is 1.24. The number of benzene rings is 1. The molecule has 1 aromatic heterocycles. The van der Waals surface area contributed by atoms with Crippen molar-refractivity contribution in [3.05, 3.63) is 40.9 Å². The first-order valence-electron chi connectivity index (χ1n) is 7.12. The molecule has 0 radical (unpaired) electrons. The van der Waals surface area contributed by atoms with Crippen LogP contribution in [0.2, 0.25) is 5.02 Å². The first-order valence-corrected chi connectivity index (χ1v) is 7.49. The molecule has 1 fully saturated rings. The second-order valence-corrected chi connectivity index (χ2v) is 7.00. The van der Waals surface area contributed by atoms with Crippen LogP contribution in [0, 0.1) is 5.41 Å². The second-order valence-electron chi connectivity index (χ2n) is 6.59. The maximum absolute atomic E-state index is 6.33. The van der Waals surface area contributed by atoms with Crippen LogP contribution in [-0.4, -0.2) is 14.8 Å². The molecule has 3 rings (SSSR count). The molecule has 106 valence electrons. The maximum atomic E-state index is 6.33. The summed E-state index contributed by atoms with van der Waals surface area (Å²) in [7, 11) is 0. The number of aromatic nitrogens is 3. The molecule has 0 bridgehead atoms. The van der Waals surface area contributed by atoms with E-state index in [0.29, 0.717) is 22.3 Å². The zero-order valence-electron chi connectivity index (χ0n) is 12.4. The third kappa shape index (κ3) is 2.24. The molecule has 0 N–H and O–H groups in total. The lowest BCUT2D eigenvalue weighted by molar-refractivity contribution is 0.599. The van der Waals surface area contributed by atoms with Crippen LogP contribution in [0.1, 0.15) is 57.6 Å². The largest absolute Gasteiger partial charge is 0.216 e. The fourth-order valence-electron chi connectivity index (χ4n) is 2.52. The standard InChI is InChI=1S/C16H20ClN3/c1-10(2)14-18-15(11-9-16(11,3)4)20(19-14)13-8-6-5-7-12(13)17/h5-8,10-11H,9H2,1-4H3/t11-/m0/s1. The highest BCUT2D eigenvalue weighted by Gasteiger charge is 2.50. The van der Waals surface area contributed by atoms with Gasteiger partial charge >= 0.3 is 0 Å². The van der Waals surface area contributed by atoms with Gasteiger partial charge in [-0.3, -0.25) is 0 Å². The Hall–Kier alpha value is -1.35. The molecule has 3 nitrogen and oxygen atoms in total. The van der Waals surface area contributed by atoms with Crippen molar-refractivity contribution in [2.75, 3.05) is 0 Å².